The zero-order chi connectivity index (χ0) is 13.9. The van der Waals surface area contributed by atoms with Crippen LogP contribution in [0.4, 0.5) is 0 Å². The predicted molar refractivity (Wildman–Crippen MR) is 81.3 cm³/mol. The van der Waals surface area contributed by atoms with Crippen molar-refractivity contribution in [1.29, 1.82) is 0 Å². The molecule has 0 bridgehead atoms. The largest absolute Gasteiger partial charge is 0.318 e. The molecule has 0 radical (unpaired) electrons. The molecular formula is C16H27N3. The van der Waals surface area contributed by atoms with E-state index in [-0.39, 0.29) is 5.54 Å². The van der Waals surface area contributed by atoms with Gasteiger partial charge in [-0.25, -0.2) is 0 Å². The van der Waals surface area contributed by atoms with Gasteiger partial charge in [0.2, 0.25) is 0 Å². The third-order valence-corrected chi connectivity index (χ3v) is 4.29. The fourth-order valence-electron chi connectivity index (χ4n) is 2.86. The lowest BCUT2D eigenvalue weighted by atomic mass is 9.95. The van der Waals surface area contributed by atoms with Gasteiger partial charge >= 0.3 is 0 Å². The second kappa shape index (κ2) is 6.04. The van der Waals surface area contributed by atoms with E-state index in [0.717, 1.165) is 26.2 Å². The van der Waals surface area contributed by atoms with Crippen LogP contribution in [0.15, 0.2) is 30.3 Å². The van der Waals surface area contributed by atoms with E-state index in [4.69, 9.17) is 0 Å². The molecule has 0 saturated carbocycles. The SMILES string of the molecule is CNCC1CN(C)C(C)(C)CN1Cc1ccccc1. The first-order valence-corrected chi connectivity index (χ1v) is 7.17. The van der Waals surface area contributed by atoms with Crippen LogP contribution < -0.4 is 5.32 Å². The number of nitrogens with one attached hydrogen (secondary N) is 1. The quantitative estimate of drug-likeness (QED) is 0.891. The number of likely N-dealkylation sites (N-methyl/N-ethyl adjacent to an activating group) is 2. The summed E-state index contributed by atoms with van der Waals surface area (Å²) in [5, 5.41) is 3.33. The van der Waals surface area contributed by atoms with Crippen molar-refractivity contribution in [3.05, 3.63) is 35.9 Å². The van der Waals surface area contributed by atoms with E-state index in [1.807, 2.05) is 7.05 Å². The number of rotatable bonds is 4. The fourth-order valence-corrected chi connectivity index (χ4v) is 2.86. The van der Waals surface area contributed by atoms with Crippen molar-refractivity contribution in [3.8, 4) is 0 Å². The van der Waals surface area contributed by atoms with Gasteiger partial charge in [-0.3, -0.25) is 9.80 Å². The van der Waals surface area contributed by atoms with Crippen LogP contribution in [0.3, 0.4) is 0 Å². The maximum absolute atomic E-state index is 3.33. The Morgan fingerprint density at radius 2 is 1.95 bits per heavy atom. The van der Waals surface area contributed by atoms with Crippen LogP contribution >= 0.6 is 0 Å². The minimum atomic E-state index is 0.249. The highest BCUT2D eigenvalue weighted by Crippen LogP contribution is 2.24. The highest BCUT2D eigenvalue weighted by atomic mass is 15.3. The summed E-state index contributed by atoms with van der Waals surface area (Å²) in [6.45, 7) is 9.00. The lowest BCUT2D eigenvalue weighted by Gasteiger charge is -2.50. The van der Waals surface area contributed by atoms with Crippen molar-refractivity contribution in [2.45, 2.75) is 32.0 Å². The van der Waals surface area contributed by atoms with Gasteiger partial charge in [0, 0.05) is 37.8 Å². The van der Waals surface area contributed by atoms with Crippen molar-refractivity contribution >= 4 is 0 Å². The molecule has 1 aromatic carbocycles. The molecule has 1 aromatic rings. The molecule has 1 fully saturated rings. The zero-order valence-corrected chi connectivity index (χ0v) is 12.7. The molecule has 0 spiro atoms. The average molecular weight is 261 g/mol. The summed E-state index contributed by atoms with van der Waals surface area (Å²) >= 11 is 0. The van der Waals surface area contributed by atoms with E-state index in [0.29, 0.717) is 6.04 Å². The van der Waals surface area contributed by atoms with E-state index >= 15 is 0 Å². The highest BCUT2D eigenvalue weighted by molar-refractivity contribution is 5.15. The first-order chi connectivity index (χ1) is 9.03. The number of nitrogens with zero attached hydrogens (tertiary/aromatic N) is 2. The Morgan fingerprint density at radius 1 is 1.26 bits per heavy atom. The van der Waals surface area contributed by atoms with E-state index in [2.05, 4.69) is 66.3 Å². The van der Waals surface area contributed by atoms with Crippen molar-refractivity contribution in [1.82, 2.24) is 15.1 Å². The molecular weight excluding hydrogens is 234 g/mol. The number of hydrogen-bond acceptors (Lipinski definition) is 3. The molecule has 0 aliphatic carbocycles. The molecule has 1 aliphatic rings. The first kappa shape index (κ1) is 14.5. The Labute approximate surface area is 117 Å². The van der Waals surface area contributed by atoms with Crippen LogP contribution in [-0.2, 0) is 6.54 Å². The minimum absolute atomic E-state index is 0.249. The summed E-state index contributed by atoms with van der Waals surface area (Å²) in [4.78, 5) is 5.10. The van der Waals surface area contributed by atoms with Crippen molar-refractivity contribution < 1.29 is 0 Å². The summed E-state index contributed by atoms with van der Waals surface area (Å²) < 4.78 is 0. The van der Waals surface area contributed by atoms with Gasteiger partial charge < -0.3 is 5.32 Å². The van der Waals surface area contributed by atoms with Gasteiger partial charge in [-0.1, -0.05) is 30.3 Å². The Balaban J connectivity index is 2.10. The lowest BCUT2D eigenvalue weighted by Crippen LogP contribution is -2.63. The second-order valence-corrected chi connectivity index (χ2v) is 6.30. The van der Waals surface area contributed by atoms with Crippen LogP contribution in [0.1, 0.15) is 19.4 Å². The molecule has 1 unspecified atom stereocenters. The van der Waals surface area contributed by atoms with Crippen LogP contribution in [0.25, 0.3) is 0 Å². The van der Waals surface area contributed by atoms with E-state index in [9.17, 15) is 0 Å². The van der Waals surface area contributed by atoms with Crippen LogP contribution in [0.5, 0.6) is 0 Å². The molecule has 106 valence electrons. The molecule has 3 nitrogen and oxygen atoms in total. The molecule has 0 amide bonds. The minimum Gasteiger partial charge on any atom is -0.318 e. The molecule has 1 saturated heterocycles. The second-order valence-electron chi connectivity index (χ2n) is 6.30. The molecule has 1 aliphatic heterocycles. The van der Waals surface area contributed by atoms with Crippen LogP contribution in [0.2, 0.25) is 0 Å². The van der Waals surface area contributed by atoms with E-state index in [1.165, 1.54) is 5.56 Å². The van der Waals surface area contributed by atoms with Gasteiger partial charge in [0.1, 0.15) is 0 Å². The first-order valence-electron chi connectivity index (χ1n) is 7.17. The third kappa shape index (κ3) is 3.56. The molecule has 1 N–H and O–H groups in total. The van der Waals surface area contributed by atoms with Gasteiger partial charge in [0.25, 0.3) is 0 Å². The van der Waals surface area contributed by atoms with Crippen molar-refractivity contribution in [2.24, 2.45) is 0 Å². The van der Waals surface area contributed by atoms with E-state index in [1.54, 1.807) is 0 Å². The summed E-state index contributed by atoms with van der Waals surface area (Å²) in [6.07, 6.45) is 0. The normalized spacial score (nSPS) is 24.5. The molecule has 2 rings (SSSR count). The number of hydrogen-bond donors (Lipinski definition) is 1. The van der Waals surface area contributed by atoms with Crippen molar-refractivity contribution in [2.75, 3.05) is 33.7 Å². The topological polar surface area (TPSA) is 18.5 Å². The molecule has 1 atom stereocenters. The summed E-state index contributed by atoms with van der Waals surface area (Å²) in [5.74, 6) is 0. The monoisotopic (exact) mass is 261 g/mol. The molecule has 19 heavy (non-hydrogen) atoms. The Bertz CT molecular complexity index is 388. The highest BCUT2D eigenvalue weighted by Gasteiger charge is 2.36. The molecule has 0 aromatic heterocycles. The number of benzene rings is 1. The Morgan fingerprint density at radius 3 is 2.58 bits per heavy atom. The zero-order valence-electron chi connectivity index (χ0n) is 12.7. The smallest absolute Gasteiger partial charge is 0.0352 e. The lowest BCUT2D eigenvalue weighted by molar-refractivity contribution is -0.00479. The van der Waals surface area contributed by atoms with Gasteiger partial charge in [-0.05, 0) is 33.5 Å². The van der Waals surface area contributed by atoms with Crippen LogP contribution in [-0.4, -0.2) is 55.1 Å². The van der Waals surface area contributed by atoms with Crippen molar-refractivity contribution in [3.63, 3.8) is 0 Å². The summed E-state index contributed by atoms with van der Waals surface area (Å²) in [6, 6.07) is 11.4. The fraction of sp³-hybridized carbons (Fsp3) is 0.625. The molecule has 3 heteroatoms. The van der Waals surface area contributed by atoms with E-state index < -0.39 is 0 Å². The average Bonchev–Trinajstić information content (AvgIpc) is 2.37. The summed E-state index contributed by atoms with van der Waals surface area (Å²) in [7, 11) is 4.28. The molecule has 1 heterocycles. The maximum Gasteiger partial charge on any atom is 0.0352 e. The third-order valence-electron chi connectivity index (χ3n) is 4.29. The summed E-state index contributed by atoms with van der Waals surface area (Å²) in [5.41, 5.74) is 1.66. The van der Waals surface area contributed by atoms with Gasteiger partial charge in [0.15, 0.2) is 0 Å². The van der Waals surface area contributed by atoms with Gasteiger partial charge in [-0.15, -0.1) is 0 Å². The Kier molecular flexibility index (Phi) is 4.61. The number of piperazine rings is 1. The maximum atomic E-state index is 3.33. The standard InChI is InChI=1S/C16H27N3/c1-16(2)13-19(11-14-8-6-5-7-9-14)15(10-17-3)12-18(16)4/h5-9,15,17H,10-13H2,1-4H3. The van der Waals surface area contributed by atoms with Crippen LogP contribution in [0, 0.1) is 0 Å². The van der Waals surface area contributed by atoms with Gasteiger partial charge in [-0.2, -0.15) is 0 Å². The predicted octanol–water partition coefficient (Wildman–Crippen LogP) is 1.80. The Hall–Kier alpha value is -0.900. The van der Waals surface area contributed by atoms with Gasteiger partial charge in [0.05, 0.1) is 0 Å².